The number of carboxylic acid groups (broad SMARTS) is 1. The molecule has 0 bridgehead atoms. The van der Waals surface area contributed by atoms with Crippen LogP contribution in [0.15, 0.2) is 47.4 Å². The van der Waals surface area contributed by atoms with E-state index in [0.717, 1.165) is 6.26 Å². The van der Waals surface area contributed by atoms with Gasteiger partial charge in [0.2, 0.25) is 0 Å². The van der Waals surface area contributed by atoms with E-state index >= 15 is 0 Å². The van der Waals surface area contributed by atoms with Crippen LogP contribution in [-0.4, -0.2) is 45.1 Å². The first kappa shape index (κ1) is 19.7. The first-order valence-electron chi connectivity index (χ1n) is 7.42. The van der Waals surface area contributed by atoms with E-state index in [1.165, 1.54) is 36.4 Å². The zero-order valence-electron chi connectivity index (χ0n) is 13.3. The number of ether oxygens (including phenoxy) is 3. The third-order valence-corrected chi connectivity index (χ3v) is 4.65. The van der Waals surface area contributed by atoms with Crippen LogP contribution in [0.3, 0.4) is 0 Å². The van der Waals surface area contributed by atoms with E-state index in [1.54, 1.807) is 6.07 Å². The second kappa shape index (κ2) is 7.76. The van der Waals surface area contributed by atoms with E-state index in [9.17, 15) is 18.3 Å². The Morgan fingerprint density at radius 3 is 2.19 bits per heavy atom. The van der Waals surface area contributed by atoms with Crippen LogP contribution >= 0.6 is 0 Å². The standard InChI is InChI=1S/C17H16O7S.CH4/c1-25(20,21)16-4-2-12(3-5-16)23-13-6-11(17(18)19)7-14(8-13)24-15-9-22-10-15;/h2-8,15H,9-10H2,1H3,(H,18,19);1H4. The summed E-state index contributed by atoms with van der Waals surface area (Å²) in [6.07, 6.45) is 1.01. The van der Waals surface area contributed by atoms with Crippen molar-refractivity contribution < 1.29 is 32.5 Å². The molecule has 2 aromatic carbocycles. The van der Waals surface area contributed by atoms with Crippen molar-refractivity contribution in [3.8, 4) is 17.2 Å². The zero-order valence-corrected chi connectivity index (χ0v) is 14.2. The van der Waals surface area contributed by atoms with Crippen LogP contribution in [0.5, 0.6) is 17.2 Å². The SMILES string of the molecule is C.CS(=O)(=O)c1ccc(Oc2cc(OC3COC3)cc(C(=O)O)c2)cc1. The largest absolute Gasteiger partial charge is 0.485 e. The average molecular weight is 380 g/mol. The molecule has 8 heteroatoms. The Kier molecular flexibility index (Phi) is 5.89. The van der Waals surface area contributed by atoms with E-state index < -0.39 is 15.8 Å². The molecule has 140 valence electrons. The third kappa shape index (κ3) is 4.74. The summed E-state index contributed by atoms with van der Waals surface area (Å²) in [4.78, 5) is 11.5. The molecule has 2 aromatic rings. The van der Waals surface area contributed by atoms with E-state index in [0.29, 0.717) is 24.7 Å². The third-order valence-electron chi connectivity index (χ3n) is 3.52. The number of carboxylic acids is 1. The highest BCUT2D eigenvalue weighted by Gasteiger charge is 2.21. The molecule has 1 N–H and O–H groups in total. The van der Waals surface area contributed by atoms with Crippen molar-refractivity contribution in [1.82, 2.24) is 0 Å². The molecular formula is C18H20O7S. The Morgan fingerprint density at radius 2 is 1.69 bits per heavy atom. The highest BCUT2D eigenvalue weighted by Crippen LogP contribution is 2.29. The first-order chi connectivity index (χ1) is 11.8. The molecule has 1 fully saturated rings. The Morgan fingerprint density at radius 1 is 1.08 bits per heavy atom. The second-order valence-electron chi connectivity index (χ2n) is 5.62. The van der Waals surface area contributed by atoms with Crippen LogP contribution in [0.1, 0.15) is 17.8 Å². The number of carbonyl (C=O) groups is 1. The monoisotopic (exact) mass is 380 g/mol. The molecule has 0 aliphatic carbocycles. The summed E-state index contributed by atoms with van der Waals surface area (Å²) in [6, 6.07) is 10.2. The van der Waals surface area contributed by atoms with Crippen molar-refractivity contribution in [2.24, 2.45) is 0 Å². The molecule has 3 rings (SSSR count). The van der Waals surface area contributed by atoms with Gasteiger partial charge in [0.15, 0.2) is 9.84 Å². The summed E-state index contributed by atoms with van der Waals surface area (Å²) in [6.45, 7) is 0.918. The van der Waals surface area contributed by atoms with Crippen molar-refractivity contribution in [2.75, 3.05) is 19.5 Å². The van der Waals surface area contributed by atoms with E-state index in [4.69, 9.17) is 14.2 Å². The van der Waals surface area contributed by atoms with Gasteiger partial charge >= 0.3 is 5.97 Å². The number of hydrogen-bond acceptors (Lipinski definition) is 6. The Bertz CT molecular complexity index is 884. The van der Waals surface area contributed by atoms with Gasteiger partial charge in [0.1, 0.15) is 23.4 Å². The topological polar surface area (TPSA) is 99.1 Å². The zero-order chi connectivity index (χ0) is 18.0. The molecule has 0 spiro atoms. The lowest BCUT2D eigenvalue weighted by Gasteiger charge is -2.27. The van der Waals surface area contributed by atoms with Crippen LogP contribution in [-0.2, 0) is 14.6 Å². The molecule has 26 heavy (non-hydrogen) atoms. The molecule has 7 nitrogen and oxygen atoms in total. The predicted octanol–water partition coefficient (Wildman–Crippen LogP) is 2.99. The molecule has 0 saturated carbocycles. The summed E-state index contributed by atoms with van der Waals surface area (Å²) in [5.41, 5.74) is 0.0282. The number of sulfone groups is 1. The number of benzene rings is 2. The minimum Gasteiger partial charge on any atom is -0.485 e. The van der Waals surface area contributed by atoms with Gasteiger partial charge in [-0.1, -0.05) is 7.43 Å². The highest BCUT2D eigenvalue weighted by atomic mass is 32.2. The van der Waals surface area contributed by atoms with Crippen LogP contribution in [0, 0.1) is 0 Å². The number of hydrogen-bond donors (Lipinski definition) is 1. The van der Waals surface area contributed by atoms with Crippen molar-refractivity contribution >= 4 is 15.8 Å². The molecule has 1 aliphatic rings. The van der Waals surface area contributed by atoms with Gasteiger partial charge in [-0.2, -0.15) is 0 Å². The Hall–Kier alpha value is -2.58. The van der Waals surface area contributed by atoms with Crippen LogP contribution < -0.4 is 9.47 Å². The molecule has 0 aromatic heterocycles. The fraction of sp³-hybridized carbons (Fsp3) is 0.278. The summed E-state index contributed by atoms with van der Waals surface area (Å²) in [5, 5.41) is 9.23. The summed E-state index contributed by atoms with van der Waals surface area (Å²) in [5.74, 6) is -0.0707. The fourth-order valence-corrected chi connectivity index (χ4v) is 2.82. The maximum Gasteiger partial charge on any atom is 0.335 e. The summed E-state index contributed by atoms with van der Waals surface area (Å²) < 4.78 is 39.2. The summed E-state index contributed by atoms with van der Waals surface area (Å²) in [7, 11) is -3.29. The van der Waals surface area contributed by atoms with E-state index in [-0.39, 0.29) is 29.7 Å². The lowest BCUT2D eigenvalue weighted by molar-refractivity contribution is -0.0797. The Balaban J connectivity index is 0.00000243. The molecule has 0 unspecified atom stereocenters. The summed E-state index contributed by atoms with van der Waals surface area (Å²) >= 11 is 0. The maximum atomic E-state index is 11.5. The van der Waals surface area contributed by atoms with Crippen LogP contribution in [0.4, 0.5) is 0 Å². The van der Waals surface area contributed by atoms with Gasteiger partial charge in [-0.15, -0.1) is 0 Å². The second-order valence-corrected chi connectivity index (χ2v) is 7.64. The first-order valence-corrected chi connectivity index (χ1v) is 9.31. The van der Waals surface area contributed by atoms with Gasteiger partial charge in [0.05, 0.1) is 23.7 Å². The normalized spacial score (nSPS) is 14.0. The van der Waals surface area contributed by atoms with Crippen molar-refractivity contribution in [2.45, 2.75) is 18.4 Å². The smallest absolute Gasteiger partial charge is 0.335 e. The van der Waals surface area contributed by atoms with Gasteiger partial charge < -0.3 is 19.3 Å². The van der Waals surface area contributed by atoms with Gasteiger partial charge in [0, 0.05) is 12.3 Å². The lowest BCUT2D eigenvalue weighted by atomic mass is 10.2. The number of aromatic carboxylic acids is 1. The van der Waals surface area contributed by atoms with Gasteiger partial charge in [-0.3, -0.25) is 0 Å². The molecule has 0 atom stereocenters. The number of rotatable bonds is 6. The quantitative estimate of drug-likeness (QED) is 0.822. The van der Waals surface area contributed by atoms with Crippen molar-refractivity contribution in [3.05, 3.63) is 48.0 Å². The minimum absolute atomic E-state index is 0. The minimum atomic E-state index is -3.29. The van der Waals surface area contributed by atoms with E-state index in [1.807, 2.05) is 0 Å². The lowest BCUT2D eigenvalue weighted by Crippen LogP contribution is -2.38. The van der Waals surface area contributed by atoms with Gasteiger partial charge in [-0.25, -0.2) is 13.2 Å². The van der Waals surface area contributed by atoms with Crippen LogP contribution in [0.25, 0.3) is 0 Å². The molecule has 0 radical (unpaired) electrons. The molecular weight excluding hydrogens is 360 g/mol. The Labute approximate surface area is 152 Å². The van der Waals surface area contributed by atoms with Gasteiger partial charge in [0.25, 0.3) is 0 Å². The van der Waals surface area contributed by atoms with Crippen molar-refractivity contribution in [1.29, 1.82) is 0 Å². The molecule has 1 saturated heterocycles. The maximum absolute atomic E-state index is 11.5. The molecule has 0 amide bonds. The van der Waals surface area contributed by atoms with Crippen molar-refractivity contribution in [3.63, 3.8) is 0 Å². The highest BCUT2D eigenvalue weighted by molar-refractivity contribution is 7.90. The fourth-order valence-electron chi connectivity index (χ4n) is 2.19. The van der Waals surface area contributed by atoms with Crippen LogP contribution in [0.2, 0.25) is 0 Å². The average Bonchev–Trinajstić information content (AvgIpc) is 2.50. The predicted molar refractivity (Wildman–Crippen MR) is 95.0 cm³/mol. The van der Waals surface area contributed by atoms with E-state index in [2.05, 4.69) is 0 Å². The van der Waals surface area contributed by atoms with Gasteiger partial charge in [-0.05, 0) is 36.4 Å². The molecule has 1 aliphatic heterocycles. The molecule has 1 heterocycles.